The van der Waals surface area contributed by atoms with E-state index < -0.39 is 0 Å². The van der Waals surface area contributed by atoms with Crippen LogP contribution in [-0.4, -0.2) is 11.7 Å². The summed E-state index contributed by atoms with van der Waals surface area (Å²) in [5.74, 6) is 0. The molecule has 0 radical (unpaired) electrons. The van der Waals surface area contributed by atoms with Gasteiger partial charge in [0.15, 0.2) is 0 Å². The van der Waals surface area contributed by atoms with Crippen LogP contribution < -0.4 is 0 Å². The average Bonchev–Trinajstić information content (AvgIpc) is 2.58. The fourth-order valence-electron chi connectivity index (χ4n) is 2.14. The Labute approximate surface area is 96.8 Å². The van der Waals surface area contributed by atoms with Gasteiger partial charge in [-0.25, -0.2) is 0 Å². The van der Waals surface area contributed by atoms with Crippen molar-refractivity contribution >= 4 is 10.9 Å². The van der Waals surface area contributed by atoms with Crippen LogP contribution >= 0.6 is 0 Å². The van der Waals surface area contributed by atoms with Gasteiger partial charge in [-0.2, -0.15) is 0 Å². The molecule has 0 bridgehead atoms. The Morgan fingerprint density at radius 3 is 2.69 bits per heavy atom. The maximum atomic E-state index is 5.26. The molecule has 0 aliphatic carbocycles. The predicted molar refractivity (Wildman–Crippen MR) is 67.8 cm³/mol. The van der Waals surface area contributed by atoms with Crippen molar-refractivity contribution in [3.63, 3.8) is 0 Å². The molecule has 2 heteroatoms. The van der Waals surface area contributed by atoms with Gasteiger partial charge in [-0.15, -0.1) is 0 Å². The number of hydrogen-bond acceptors (Lipinski definition) is 1. The monoisotopic (exact) mass is 217 g/mol. The normalized spacial score (nSPS) is 11.6. The Bertz CT molecular complexity index is 497. The first-order chi connectivity index (χ1) is 7.63. The molecule has 0 atom stereocenters. The summed E-state index contributed by atoms with van der Waals surface area (Å²) in [5.41, 5.74) is 3.87. The van der Waals surface area contributed by atoms with Crippen LogP contribution in [-0.2, 0) is 11.3 Å². The largest absolute Gasteiger partial charge is 0.380 e. The molecule has 2 rings (SSSR count). The van der Waals surface area contributed by atoms with Gasteiger partial charge in [0.25, 0.3) is 0 Å². The predicted octanol–water partition coefficient (Wildman–Crippen LogP) is 3.68. The van der Waals surface area contributed by atoms with Crippen LogP contribution in [0.3, 0.4) is 0 Å². The molecular weight excluding hydrogens is 198 g/mol. The average molecular weight is 217 g/mol. The lowest BCUT2D eigenvalue weighted by Gasteiger charge is -2.08. The van der Waals surface area contributed by atoms with Gasteiger partial charge in [-0.1, -0.05) is 11.6 Å². The van der Waals surface area contributed by atoms with Crippen molar-refractivity contribution in [2.24, 2.45) is 0 Å². The fraction of sp³-hybridized carbons (Fsp3) is 0.429. The molecule has 1 aromatic heterocycles. The third kappa shape index (κ3) is 1.85. The quantitative estimate of drug-likeness (QED) is 0.765. The molecular formula is C14H19NO. The van der Waals surface area contributed by atoms with E-state index in [1.807, 2.05) is 0 Å². The number of hydrogen-bond donors (Lipinski definition) is 0. The second-order valence-electron chi connectivity index (χ2n) is 4.61. The van der Waals surface area contributed by atoms with Gasteiger partial charge in [0.2, 0.25) is 0 Å². The second-order valence-corrected chi connectivity index (χ2v) is 4.61. The van der Waals surface area contributed by atoms with Crippen molar-refractivity contribution in [3.8, 4) is 0 Å². The zero-order valence-electron chi connectivity index (χ0n) is 10.4. The van der Waals surface area contributed by atoms with Gasteiger partial charge in [-0.3, -0.25) is 0 Å². The lowest BCUT2D eigenvalue weighted by molar-refractivity contribution is 0.185. The molecule has 1 aromatic carbocycles. The first kappa shape index (κ1) is 11.2. The number of aromatic nitrogens is 1. The molecule has 0 N–H and O–H groups in total. The highest BCUT2D eigenvalue weighted by molar-refractivity contribution is 5.84. The van der Waals surface area contributed by atoms with E-state index in [-0.39, 0.29) is 0 Å². The zero-order chi connectivity index (χ0) is 11.7. The molecule has 16 heavy (non-hydrogen) atoms. The minimum absolute atomic E-state index is 0.482. The summed E-state index contributed by atoms with van der Waals surface area (Å²) in [6.45, 7) is 7.22. The summed E-state index contributed by atoms with van der Waals surface area (Å²) in [5, 5.41) is 1.32. The number of fused-ring (bicyclic) bond motifs is 1. The highest BCUT2D eigenvalue weighted by Crippen LogP contribution is 2.26. The van der Waals surface area contributed by atoms with Crippen LogP contribution in [0.4, 0.5) is 0 Å². The topological polar surface area (TPSA) is 14.2 Å². The molecule has 0 spiro atoms. The van der Waals surface area contributed by atoms with Crippen molar-refractivity contribution in [3.05, 3.63) is 35.5 Å². The van der Waals surface area contributed by atoms with Gasteiger partial charge in [0, 0.05) is 35.8 Å². The Morgan fingerprint density at radius 2 is 2.06 bits per heavy atom. The summed E-state index contributed by atoms with van der Waals surface area (Å²) in [4.78, 5) is 0. The Hall–Kier alpha value is -1.28. The minimum Gasteiger partial charge on any atom is -0.380 e. The van der Waals surface area contributed by atoms with Crippen LogP contribution in [0.15, 0.2) is 24.4 Å². The summed E-state index contributed by atoms with van der Waals surface area (Å²) in [6.07, 6.45) is 2.21. The molecule has 0 fully saturated rings. The van der Waals surface area contributed by atoms with E-state index in [1.165, 1.54) is 22.0 Å². The molecule has 86 valence electrons. The van der Waals surface area contributed by atoms with E-state index in [9.17, 15) is 0 Å². The number of aryl methyl sites for hydroxylation is 1. The van der Waals surface area contributed by atoms with E-state index in [0.29, 0.717) is 12.6 Å². The van der Waals surface area contributed by atoms with E-state index in [1.54, 1.807) is 7.11 Å². The van der Waals surface area contributed by atoms with E-state index in [0.717, 1.165) is 0 Å². The number of rotatable bonds is 3. The van der Waals surface area contributed by atoms with Crippen LogP contribution in [0.2, 0.25) is 0 Å². The van der Waals surface area contributed by atoms with Crippen LogP contribution in [0.1, 0.15) is 31.0 Å². The van der Waals surface area contributed by atoms with E-state index in [4.69, 9.17) is 4.74 Å². The first-order valence-electron chi connectivity index (χ1n) is 5.72. The SMILES string of the molecule is COCc1cn(C(C)C)c2ccc(C)cc12. The van der Waals surface area contributed by atoms with E-state index in [2.05, 4.69) is 49.7 Å². The third-order valence-electron chi connectivity index (χ3n) is 2.93. The van der Waals surface area contributed by atoms with Gasteiger partial charge in [0.1, 0.15) is 0 Å². The van der Waals surface area contributed by atoms with Crippen molar-refractivity contribution in [2.75, 3.05) is 7.11 Å². The van der Waals surface area contributed by atoms with Gasteiger partial charge in [-0.05, 0) is 32.9 Å². The van der Waals surface area contributed by atoms with Crippen molar-refractivity contribution in [1.29, 1.82) is 0 Å². The standard InChI is InChI=1S/C14H19NO/c1-10(2)15-8-12(9-16-4)13-7-11(3)5-6-14(13)15/h5-8,10H,9H2,1-4H3. The highest BCUT2D eigenvalue weighted by Gasteiger charge is 2.10. The smallest absolute Gasteiger partial charge is 0.0733 e. The maximum absolute atomic E-state index is 5.26. The molecule has 2 aromatic rings. The summed E-state index contributed by atoms with van der Waals surface area (Å²) >= 11 is 0. The number of methoxy groups -OCH3 is 1. The van der Waals surface area contributed by atoms with Crippen molar-refractivity contribution in [1.82, 2.24) is 4.57 Å². The molecule has 0 unspecified atom stereocenters. The van der Waals surface area contributed by atoms with Crippen LogP contribution in [0, 0.1) is 6.92 Å². The summed E-state index contributed by atoms with van der Waals surface area (Å²) in [7, 11) is 1.74. The van der Waals surface area contributed by atoms with Gasteiger partial charge in [0.05, 0.1) is 6.61 Å². The maximum Gasteiger partial charge on any atom is 0.0733 e. The number of nitrogens with zero attached hydrogens (tertiary/aromatic N) is 1. The van der Waals surface area contributed by atoms with Crippen molar-refractivity contribution in [2.45, 2.75) is 33.4 Å². The molecule has 0 aliphatic heterocycles. The third-order valence-corrected chi connectivity index (χ3v) is 2.93. The molecule has 0 amide bonds. The van der Waals surface area contributed by atoms with Gasteiger partial charge >= 0.3 is 0 Å². The Morgan fingerprint density at radius 1 is 1.31 bits per heavy atom. The number of ether oxygens (including phenoxy) is 1. The first-order valence-corrected chi connectivity index (χ1v) is 5.72. The molecule has 1 heterocycles. The lowest BCUT2D eigenvalue weighted by Crippen LogP contribution is -1.97. The second kappa shape index (κ2) is 4.30. The molecule has 0 aliphatic rings. The number of benzene rings is 1. The lowest BCUT2D eigenvalue weighted by atomic mass is 10.1. The molecule has 0 saturated heterocycles. The Balaban J connectivity index is 2.66. The molecule has 0 saturated carbocycles. The van der Waals surface area contributed by atoms with E-state index >= 15 is 0 Å². The Kier molecular flexibility index (Phi) is 3.01. The van der Waals surface area contributed by atoms with Crippen LogP contribution in [0.5, 0.6) is 0 Å². The van der Waals surface area contributed by atoms with Gasteiger partial charge < -0.3 is 9.30 Å². The van der Waals surface area contributed by atoms with Crippen LogP contribution in [0.25, 0.3) is 10.9 Å². The summed E-state index contributed by atoms with van der Waals surface area (Å²) < 4.78 is 7.56. The zero-order valence-corrected chi connectivity index (χ0v) is 10.4. The highest BCUT2D eigenvalue weighted by atomic mass is 16.5. The minimum atomic E-state index is 0.482. The molecule has 2 nitrogen and oxygen atoms in total. The summed E-state index contributed by atoms with van der Waals surface area (Å²) in [6, 6.07) is 7.08. The van der Waals surface area contributed by atoms with Crippen molar-refractivity contribution < 1.29 is 4.74 Å². The fourth-order valence-corrected chi connectivity index (χ4v) is 2.14.